The smallest absolute Gasteiger partial charge is 0.341 e. The Morgan fingerprint density at radius 3 is 2.77 bits per heavy atom. The Bertz CT molecular complexity index is 883. The van der Waals surface area contributed by atoms with Crippen molar-refractivity contribution in [2.45, 2.75) is 31.0 Å². The lowest BCUT2D eigenvalue weighted by molar-refractivity contribution is -0.00206. The van der Waals surface area contributed by atoms with Crippen LogP contribution in [0.15, 0.2) is 42.5 Å². The van der Waals surface area contributed by atoms with Crippen LogP contribution in [0.1, 0.15) is 28.8 Å². The third kappa shape index (κ3) is 4.42. The molecule has 0 bridgehead atoms. The Labute approximate surface area is 175 Å². The van der Waals surface area contributed by atoms with Gasteiger partial charge in [-0.2, -0.15) is 0 Å². The molecule has 2 aromatic carbocycles. The molecule has 1 atom stereocenters. The van der Waals surface area contributed by atoms with Crippen LogP contribution in [0.4, 0.5) is 4.39 Å². The van der Waals surface area contributed by atoms with Crippen LogP contribution in [0.2, 0.25) is 0 Å². The van der Waals surface area contributed by atoms with Gasteiger partial charge in [-0.15, -0.1) is 0 Å². The SMILES string of the molecule is COC(=O)c1ccc(F)cc1OC[C@@H](O)CN1CCC2(CC1)Cc1ccccc1O2. The molecule has 160 valence electrons. The number of rotatable bonds is 6. The fraction of sp³-hybridized carbons (Fsp3) is 0.435. The van der Waals surface area contributed by atoms with E-state index in [0.717, 1.165) is 44.2 Å². The number of hydrogen-bond acceptors (Lipinski definition) is 6. The van der Waals surface area contributed by atoms with Gasteiger partial charge >= 0.3 is 5.97 Å². The monoisotopic (exact) mass is 415 g/mol. The van der Waals surface area contributed by atoms with Crippen molar-refractivity contribution < 1.29 is 28.5 Å². The van der Waals surface area contributed by atoms with Crippen LogP contribution >= 0.6 is 0 Å². The van der Waals surface area contributed by atoms with E-state index in [-0.39, 0.29) is 23.5 Å². The number of aliphatic hydroxyl groups excluding tert-OH is 1. The maximum absolute atomic E-state index is 13.5. The van der Waals surface area contributed by atoms with Gasteiger partial charge in [-0.3, -0.25) is 0 Å². The minimum absolute atomic E-state index is 0.0446. The van der Waals surface area contributed by atoms with E-state index >= 15 is 0 Å². The number of likely N-dealkylation sites (tertiary alicyclic amines) is 1. The second-order valence-corrected chi connectivity index (χ2v) is 7.97. The normalized spacial score (nSPS) is 18.5. The second kappa shape index (κ2) is 8.62. The van der Waals surface area contributed by atoms with E-state index in [1.54, 1.807) is 0 Å². The van der Waals surface area contributed by atoms with Crippen molar-refractivity contribution in [2.24, 2.45) is 0 Å². The molecule has 1 saturated heterocycles. The summed E-state index contributed by atoms with van der Waals surface area (Å²) in [5, 5.41) is 10.4. The number of esters is 1. The van der Waals surface area contributed by atoms with Crippen LogP contribution in [0.3, 0.4) is 0 Å². The van der Waals surface area contributed by atoms with Gasteiger partial charge in [0.2, 0.25) is 0 Å². The molecule has 30 heavy (non-hydrogen) atoms. The number of carbonyl (C=O) groups is 1. The summed E-state index contributed by atoms with van der Waals surface area (Å²) in [7, 11) is 1.25. The molecule has 2 aliphatic heterocycles. The molecular formula is C23H26FNO5. The quantitative estimate of drug-likeness (QED) is 0.732. The Hall–Kier alpha value is -2.64. The highest BCUT2D eigenvalue weighted by Crippen LogP contribution is 2.40. The summed E-state index contributed by atoms with van der Waals surface area (Å²) >= 11 is 0. The summed E-state index contributed by atoms with van der Waals surface area (Å²) in [6, 6.07) is 11.8. The van der Waals surface area contributed by atoms with Crippen molar-refractivity contribution >= 4 is 5.97 Å². The lowest BCUT2D eigenvalue weighted by Gasteiger charge is -2.39. The first-order chi connectivity index (χ1) is 14.5. The number of piperidine rings is 1. The maximum Gasteiger partial charge on any atom is 0.341 e. The molecule has 2 aromatic rings. The van der Waals surface area contributed by atoms with Gasteiger partial charge in [0.25, 0.3) is 0 Å². The fourth-order valence-corrected chi connectivity index (χ4v) is 4.22. The van der Waals surface area contributed by atoms with E-state index < -0.39 is 17.9 Å². The van der Waals surface area contributed by atoms with Gasteiger partial charge in [-0.05, 0) is 23.8 Å². The maximum atomic E-state index is 13.5. The van der Waals surface area contributed by atoms with Crippen molar-refractivity contribution in [1.29, 1.82) is 0 Å². The zero-order chi connectivity index (χ0) is 21.1. The van der Waals surface area contributed by atoms with Crippen molar-refractivity contribution in [3.05, 3.63) is 59.4 Å². The lowest BCUT2D eigenvalue weighted by atomic mass is 9.87. The van der Waals surface area contributed by atoms with E-state index in [0.29, 0.717) is 6.54 Å². The molecule has 1 fully saturated rings. The minimum atomic E-state index is -0.769. The number of fused-ring (bicyclic) bond motifs is 1. The largest absolute Gasteiger partial charge is 0.490 e. The van der Waals surface area contributed by atoms with Crippen LogP contribution < -0.4 is 9.47 Å². The molecule has 0 saturated carbocycles. The molecular weight excluding hydrogens is 389 g/mol. The highest BCUT2D eigenvalue weighted by molar-refractivity contribution is 5.92. The Morgan fingerprint density at radius 2 is 2.03 bits per heavy atom. The highest BCUT2D eigenvalue weighted by atomic mass is 19.1. The summed E-state index contributed by atoms with van der Waals surface area (Å²) in [6.45, 7) is 2.03. The molecule has 1 spiro atoms. The van der Waals surface area contributed by atoms with E-state index in [9.17, 15) is 14.3 Å². The first kappa shape index (κ1) is 20.6. The molecule has 6 nitrogen and oxygen atoms in total. The molecule has 0 amide bonds. The van der Waals surface area contributed by atoms with Gasteiger partial charge in [0.05, 0.1) is 7.11 Å². The number of ether oxygens (including phenoxy) is 3. The first-order valence-corrected chi connectivity index (χ1v) is 10.2. The highest BCUT2D eigenvalue weighted by Gasteiger charge is 2.41. The minimum Gasteiger partial charge on any atom is -0.490 e. The van der Waals surface area contributed by atoms with Crippen LogP contribution in [0.25, 0.3) is 0 Å². The predicted octanol–water partition coefficient (Wildman–Crippen LogP) is 2.82. The van der Waals surface area contributed by atoms with Gasteiger partial charge in [0, 0.05) is 45.0 Å². The van der Waals surface area contributed by atoms with Gasteiger partial charge in [-0.1, -0.05) is 18.2 Å². The zero-order valence-corrected chi connectivity index (χ0v) is 17.0. The Balaban J connectivity index is 1.28. The van der Waals surface area contributed by atoms with Crippen molar-refractivity contribution in [3.63, 3.8) is 0 Å². The van der Waals surface area contributed by atoms with Crippen LogP contribution in [0.5, 0.6) is 11.5 Å². The topological polar surface area (TPSA) is 68.2 Å². The predicted molar refractivity (Wildman–Crippen MR) is 108 cm³/mol. The molecule has 2 heterocycles. The molecule has 0 aliphatic carbocycles. The Morgan fingerprint density at radius 1 is 1.27 bits per heavy atom. The average molecular weight is 415 g/mol. The number of hydrogen-bond donors (Lipinski definition) is 1. The van der Waals surface area contributed by atoms with Crippen molar-refractivity contribution in [3.8, 4) is 11.5 Å². The third-order valence-corrected chi connectivity index (χ3v) is 5.83. The van der Waals surface area contributed by atoms with Crippen LogP contribution in [-0.4, -0.2) is 61.0 Å². The van der Waals surface area contributed by atoms with Crippen LogP contribution in [0, 0.1) is 5.82 Å². The van der Waals surface area contributed by atoms with E-state index in [2.05, 4.69) is 11.0 Å². The summed E-state index contributed by atoms with van der Waals surface area (Å²) in [5.41, 5.74) is 1.25. The lowest BCUT2D eigenvalue weighted by Crippen LogP contribution is -2.49. The standard InChI is InChI=1S/C23H26FNO5/c1-28-22(27)19-7-6-17(24)12-21(19)29-15-18(26)14-25-10-8-23(9-11-25)13-16-4-2-3-5-20(16)30-23/h2-7,12,18,26H,8-11,13-15H2,1H3/t18-/m0/s1. The van der Waals surface area contributed by atoms with Gasteiger partial charge in [-0.25, -0.2) is 9.18 Å². The summed E-state index contributed by atoms with van der Waals surface area (Å²) in [6.07, 6.45) is 1.95. The van der Waals surface area contributed by atoms with E-state index in [4.69, 9.17) is 14.2 Å². The number of methoxy groups -OCH3 is 1. The Kier molecular flexibility index (Phi) is 5.92. The molecule has 0 radical (unpaired) electrons. The summed E-state index contributed by atoms with van der Waals surface area (Å²) in [4.78, 5) is 14.0. The van der Waals surface area contributed by atoms with Crippen LogP contribution in [-0.2, 0) is 11.2 Å². The second-order valence-electron chi connectivity index (χ2n) is 7.97. The fourth-order valence-electron chi connectivity index (χ4n) is 4.22. The van der Waals surface area contributed by atoms with Gasteiger partial charge in [0.15, 0.2) is 0 Å². The molecule has 1 N–H and O–H groups in total. The van der Waals surface area contributed by atoms with E-state index in [1.165, 1.54) is 24.8 Å². The number of β-amino-alcohol motifs (C(OH)–C–C–N with tert-alkyl or cyclic N) is 1. The number of carbonyl (C=O) groups excluding carboxylic acids is 1. The average Bonchev–Trinajstić information content (AvgIpc) is 3.11. The van der Waals surface area contributed by atoms with Gasteiger partial charge in [0.1, 0.15) is 41.2 Å². The van der Waals surface area contributed by atoms with Crippen molar-refractivity contribution in [2.75, 3.05) is 33.4 Å². The number of halogens is 1. The van der Waals surface area contributed by atoms with E-state index in [1.807, 2.05) is 18.2 Å². The number of nitrogens with zero attached hydrogens (tertiary/aromatic N) is 1. The molecule has 0 unspecified atom stereocenters. The number of aliphatic hydroxyl groups is 1. The molecule has 7 heteroatoms. The first-order valence-electron chi connectivity index (χ1n) is 10.2. The zero-order valence-electron chi connectivity index (χ0n) is 17.0. The number of benzene rings is 2. The summed E-state index contributed by atoms with van der Waals surface area (Å²) in [5.74, 6) is -0.0871. The van der Waals surface area contributed by atoms with Crippen molar-refractivity contribution in [1.82, 2.24) is 4.90 Å². The molecule has 0 aromatic heterocycles. The molecule has 4 rings (SSSR count). The molecule has 2 aliphatic rings. The van der Waals surface area contributed by atoms with Gasteiger partial charge < -0.3 is 24.2 Å². The third-order valence-electron chi connectivity index (χ3n) is 5.83. The summed E-state index contributed by atoms with van der Waals surface area (Å²) < 4.78 is 30.0. The number of para-hydroxylation sites is 1.